The highest BCUT2D eigenvalue weighted by Crippen LogP contribution is 2.37. The van der Waals surface area contributed by atoms with E-state index in [9.17, 15) is 21.6 Å². The van der Waals surface area contributed by atoms with E-state index in [0.29, 0.717) is 18.9 Å². The molecule has 0 spiro atoms. The van der Waals surface area contributed by atoms with Crippen LogP contribution in [0.15, 0.2) is 41.8 Å². The molecule has 0 unspecified atom stereocenters. The molecule has 0 radical (unpaired) electrons. The van der Waals surface area contributed by atoms with E-state index in [4.69, 9.17) is 0 Å². The van der Waals surface area contributed by atoms with Gasteiger partial charge in [0.25, 0.3) is 0 Å². The largest absolute Gasteiger partial charge is 0.433 e. The number of rotatable bonds is 5. The molecule has 1 aliphatic rings. The van der Waals surface area contributed by atoms with Gasteiger partial charge in [0.1, 0.15) is 23.5 Å². The van der Waals surface area contributed by atoms with Crippen molar-refractivity contribution in [2.75, 3.05) is 17.7 Å². The third-order valence-corrected chi connectivity index (χ3v) is 7.14. The fraction of sp³-hybridized carbons (Fsp3) is 0.389. The minimum absolute atomic E-state index is 0.0710. The molecule has 3 aromatic heterocycles. The van der Waals surface area contributed by atoms with E-state index < -0.39 is 21.7 Å². The summed E-state index contributed by atoms with van der Waals surface area (Å²) in [5.41, 5.74) is -0.377. The molecule has 4 rings (SSSR count). The predicted molar refractivity (Wildman–Crippen MR) is 100 cm³/mol. The fourth-order valence-corrected chi connectivity index (χ4v) is 5.18. The maximum atomic E-state index is 12.6. The highest BCUT2D eigenvalue weighted by molar-refractivity contribution is 7.91. The average molecular weight is 425 g/mol. The van der Waals surface area contributed by atoms with Crippen molar-refractivity contribution in [2.45, 2.75) is 30.0 Å². The van der Waals surface area contributed by atoms with E-state index in [-0.39, 0.29) is 22.6 Å². The first-order chi connectivity index (χ1) is 13.6. The Labute approximate surface area is 164 Å². The molecular formula is C18H18F3N5O2S. The Hall–Kier alpha value is -2.69. The van der Waals surface area contributed by atoms with Gasteiger partial charge in [0.2, 0.25) is 0 Å². The molecule has 1 N–H and O–H groups in total. The van der Waals surface area contributed by atoms with Crippen LogP contribution in [0.25, 0.3) is 11.0 Å². The molecule has 0 aromatic carbocycles. The minimum Gasteiger partial charge on any atom is -0.356 e. The molecule has 0 saturated heterocycles. The number of hydrogen-bond acceptors (Lipinski definition) is 6. The van der Waals surface area contributed by atoms with Gasteiger partial charge in [-0.1, -0.05) is 0 Å². The van der Waals surface area contributed by atoms with Gasteiger partial charge in [-0.25, -0.2) is 18.4 Å². The lowest BCUT2D eigenvalue weighted by atomic mass is 9.81. The Morgan fingerprint density at radius 1 is 1.17 bits per heavy atom. The van der Waals surface area contributed by atoms with E-state index in [2.05, 4.69) is 19.9 Å². The van der Waals surface area contributed by atoms with Gasteiger partial charge in [-0.2, -0.15) is 13.2 Å². The third-order valence-electron chi connectivity index (χ3n) is 5.27. The van der Waals surface area contributed by atoms with Gasteiger partial charge in [-0.05, 0) is 37.0 Å². The van der Waals surface area contributed by atoms with Crippen molar-refractivity contribution in [3.05, 3.63) is 42.6 Å². The second kappa shape index (κ2) is 6.97. The van der Waals surface area contributed by atoms with Gasteiger partial charge in [0, 0.05) is 25.5 Å². The fourth-order valence-electron chi connectivity index (χ4n) is 3.60. The number of alkyl halides is 3. The number of hydrogen-bond donors (Lipinski definition) is 1. The van der Waals surface area contributed by atoms with Crippen molar-refractivity contribution in [3.8, 4) is 0 Å². The standard InChI is InChI=1S/C18H18F3N5O2S/c1-26(17-14-4-5-22-16(14)24-10-25-17)12-6-11(7-12)9-29(27,28)13-2-3-15(23-8-13)18(19,20)21/h2-5,8,10-12H,6-7,9H2,1H3,(H,22,24,25). The summed E-state index contributed by atoms with van der Waals surface area (Å²) in [4.78, 5) is 16.6. The van der Waals surface area contributed by atoms with Gasteiger partial charge in [0.15, 0.2) is 9.84 Å². The van der Waals surface area contributed by atoms with Crippen molar-refractivity contribution in [2.24, 2.45) is 5.92 Å². The molecule has 3 aromatic rings. The summed E-state index contributed by atoms with van der Waals surface area (Å²) in [5.74, 6) is 0.584. The van der Waals surface area contributed by atoms with Gasteiger partial charge < -0.3 is 9.88 Å². The molecule has 0 atom stereocenters. The summed E-state index contributed by atoms with van der Waals surface area (Å²) in [7, 11) is -1.79. The van der Waals surface area contributed by atoms with E-state index in [1.807, 2.05) is 18.0 Å². The number of fused-ring (bicyclic) bond motifs is 1. The van der Waals surface area contributed by atoms with Crippen LogP contribution in [0.5, 0.6) is 0 Å². The molecule has 1 aliphatic carbocycles. The number of nitrogens with one attached hydrogen (secondary N) is 1. The van der Waals surface area contributed by atoms with E-state index >= 15 is 0 Å². The lowest BCUT2D eigenvalue weighted by Gasteiger charge is -2.41. The van der Waals surface area contributed by atoms with Crippen LogP contribution in [0.3, 0.4) is 0 Å². The monoisotopic (exact) mass is 425 g/mol. The number of nitrogens with zero attached hydrogens (tertiary/aromatic N) is 4. The molecule has 11 heteroatoms. The average Bonchev–Trinajstić information content (AvgIpc) is 3.12. The van der Waals surface area contributed by atoms with Gasteiger partial charge in [-0.15, -0.1) is 0 Å². The molecule has 1 fully saturated rings. The molecule has 0 bridgehead atoms. The lowest BCUT2D eigenvalue weighted by molar-refractivity contribution is -0.141. The zero-order valence-corrected chi connectivity index (χ0v) is 16.2. The first-order valence-electron chi connectivity index (χ1n) is 8.92. The summed E-state index contributed by atoms with van der Waals surface area (Å²) in [6, 6.07) is 3.69. The third kappa shape index (κ3) is 3.78. The topological polar surface area (TPSA) is 91.8 Å². The molecule has 29 heavy (non-hydrogen) atoms. The first-order valence-corrected chi connectivity index (χ1v) is 10.6. The van der Waals surface area contributed by atoms with Crippen LogP contribution in [0, 0.1) is 5.92 Å². The Kier molecular flexibility index (Phi) is 4.72. The Morgan fingerprint density at radius 3 is 2.59 bits per heavy atom. The second-order valence-corrected chi connectivity index (χ2v) is 9.23. The summed E-state index contributed by atoms with van der Waals surface area (Å²) in [6.07, 6.45) is 0.747. The molecule has 0 aliphatic heterocycles. The molecule has 3 heterocycles. The predicted octanol–water partition coefficient (Wildman–Crippen LogP) is 3.06. The van der Waals surface area contributed by atoms with Crippen molar-refractivity contribution < 1.29 is 21.6 Å². The van der Waals surface area contributed by atoms with E-state index in [1.165, 1.54) is 6.33 Å². The zero-order chi connectivity index (χ0) is 20.8. The lowest BCUT2D eigenvalue weighted by Crippen LogP contribution is -2.45. The Balaban J connectivity index is 1.40. The van der Waals surface area contributed by atoms with Gasteiger partial charge in [0.05, 0.1) is 16.0 Å². The summed E-state index contributed by atoms with van der Waals surface area (Å²) < 4.78 is 62.8. The van der Waals surface area contributed by atoms with Crippen molar-refractivity contribution >= 4 is 26.7 Å². The quantitative estimate of drug-likeness (QED) is 0.676. The highest BCUT2D eigenvalue weighted by Gasteiger charge is 2.37. The number of aromatic nitrogens is 4. The molecule has 0 amide bonds. The molecule has 7 nitrogen and oxygen atoms in total. The highest BCUT2D eigenvalue weighted by atomic mass is 32.2. The van der Waals surface area contributed by atoms with Crippen LogP contribution in [0.4, 0.5) is 19.0 Å². The Morgan fingerprint density at radius 2 is 1.93 bits per heavy atom. The smallest absolute Gasteiger partial charge is 0.356 e. The maximum Gasteiger partial charge on any atom is 0.433 e. The summed E-state index contributed by atoms with van der Waals surface area (Å²) >= 11 is 0. The number of halogens is 3. The van der Waals surface area contributed by atoms with Crippen LogP contribution in [0.1, 0.15) is 18.5 Å². The SMILES string of the molecule is CN(c1ncnc2[nH]ccc12)C1CC(CS(=O)(=O)c2ccc(C(F)(F)F)nc2)C1. The van der Waals surface area contributed by atoms with Crippen molar-refractivity contribution in [3.63, 3.8) is 0 Å². The van der Waals surface area contributed by atoms with Crippen LogP contribution < -0.4 is 4.90 Å². The van der Waals surface area contributed by atoms with Crippen LogP contribution in [-0.2, 0) is 16.0 Å². The summed E-state index contributed by atoms with van der Waals surface area (Å²) in [5, 5.41) is 0.891. The van der Waals surface area contributed by atoms with Crippen molar-refractivity contribution in [1.82, 2.24) is 19.9 Å². The number of sulfone groups is 1. The van der Waals surface area contributed by atoms with E-state index in [1.54, 1.807) is 6.20 Å². The minimum atomic E-state index is -4.60. The number of anilines is 1. The number of pyridine rings is 1. The number of aromatic amines is 1. The van der Waals surface area contributed by atoms with Crippen LogP contribution in [-0.4, -0.2) is 47.2 Å². The van der Waals surface area contributed by atoms with Crippen LogP contribution in [0.2, 0.25) is 0 Å². The van der Waals surface area contributed by atoms with Gasteiger partial charge in [-0.3, -0.25) is 4.98 Å². The molecular weight excluding hydrogens is 407 g/mol. The maximum absolute atomic E-state index is 12.6. The van der Waals surface area contributed by atoms with Gasteiger partial charge >= 0.3 is 6.18 Å². The second-order valence-electron chi connectivity index (χ2n) is 7.20. The molecule has 154 valence electrons. The van der Waals surface area contributed by atoms with E-state index in [0.717, 1.165) is 29.1 Å². The zero-order valence-electron chi connectivity index (χ0n) is 15.4. The van der Waals surface area contributed by atoms with Crippen LogP contribution >= 0.6 is 0 Å². The number of H-pyrrole nitrogens is 1. The normalized spacial score (nSPS) is 19.9. The van der Waals surface area contributed by atoms with Crippen molar-refractivity contribution in [1.29, 1.82) is 0 Å². The Bertz CT molecular complexity index is 1120. The molecule has 1 saturated carbocycles. The summed E-state index contributed by atoms with van der Waals surface area (Å²) in [6.45, 7) is 0. The first kappa shape index (κ1) is 19.6.